The number of hydrogen-bond acceptors (Lipinski definition) is 0. The lowest BCUT2D eigenvalue weighted by atomic mass is 10.9. The normalized spacial score (nSPS) is 14.1. The molecule has 0 atom stereocenters. The molecule has 0 aliphatic rings. The van der Waals surface area contributed by atoms with Crippen LogP contribution in [0.3, 0.4) is 0 Å². The van der Waals surface area contributed by atoms with E-state index >= 15 is 0 Å². The minimum atomic E-state index is -1.69. The summed E-state index contributed by atoms with van der Waals surface area (Å²) >= 11 is 7.94. The summed E-state index contributed by atoms with van der Waals surface area (Å²) in [5.41, 5.74) is 4.61. The van der Waals surface area contributed by atoms with Crippen molar-refractivity contribution in [2.45, 2.75) is 134 Å². The molecule has 26 heavy (non-hydrogen) atoms. The molecule has 0 unspecified atom stereocenters. The van der Waals surface area contributed by atoms with Gasteiger partial charge in [0.15, 0.2) is 0 Å². The predicted molar refractivity (Wildman–Crippen MR) is 138 cm³/mol. The average Bonchev–Trinajstić information content (AvgIpc) is 2.69. The van der Waals surface area contributed by atoms with E-state index in [0.29, 0.717) is 0 Å². The van der Waals surface area contributed by atoms with E-state index in [4.69, 9.17) is 11.1 Å². The Morgan fingerprint density at radius 3 is 0.654 bits per heavy atom. The largest absolute Gasteiger partial charge is 0.168 e. The minimum Gasteiger partial charge on any atom is -0.168 e. The third kappa shape index (κ3) is 6.89. The molecule has 0 radical (unpaired) electrons. The molecule has 0 N–H and O–H groups in total. The maximum Gasteiger partial charge on any atom is 0.148 e. The number of hydrogen-bond donors (Lipinski definition) is 0. The molecule has 0 fully saturated rings. The molecule has 0 amide bonds. The zero-order valence-corrected chi connectivity index (χ0v) is 24.6. The molecule has 0 saturated heterocycles. The van der Waals surface area contributed by atoms with Crippen LogP contribution in [-0.4, -0.2) is 31.6 Å². The first-order valence-electron chi connectivity index (χ1n) is 11.9. The lowest BCUT2D eigenvalue weighted by Gasteiger charge is -2.45. The molecule has 0 bridgehead atoms. The first-order valence-corrected chi connectivity index (χ1v) is 24.0. The van der Waals surface area contributed by atoms with Crippen LogP contribution in [0, 0.1) is 0 Å². The Kier molecular flexibility index (Phi) is 12.5. The van der Waals surface area contributed by atoms with E-state index in [2.05, 4.69) is 62.3 Å². The number of rotatable bonds is 15. The van der Waals surface area contributed by atoms with Crippen LogP contribution in [0.4, 0.5) is 0 Å². The van der Waals surface area contributed by atoms with Gasteiger partial charge in [0.1, 0.15) is 7.38 Å². The highest BCUT2D eigenvalue weighted by Gasteiger charge is 2.49. The van der Waals surface area contributed by atoms with Gasteiger partial charge < -0.3 is 0 Å². The van der Waals surface area contributed by atoms with Crippen molar-refractivity contribution < 1.29 is 0 Å². The molecule has 0 rings (SSSR count). The van der Waals surface area contributed by atoms with Crippen molar-refractivity contribution in [3.05, 3.63) is 0 Å². The van der Waals surface area contributed by atoms with Gasteiger partial charge in [-0.15, -0.1) is 0 Å². The summed E-state index contributed by atoms with van der Waals surface area (Å²) in [6.45, 7) is 22.4. The van der Waals surface area contributed by atoms with Crippen LogP contribution >= 0.6 is 11.1 Å². The van der Waals surface area contributed by atoms with Crippen LogP contribution in [0.1, 0.15) is 62.3 Å². The zero-order valence-electron chi connectivity index (χ0n) is 19.9. The Hall–Kier alpha value is 1.16. The van der Waals surface area contributed by atoms with Gasteiger partial charge in [-0.2, -0.15) is 11.1 Å². The minimum absolute atomic E-state index is 1.15. The third-order valence-corrected chi connectivity index (χ3v) is 42.5. The Balaban J connectivity index is 5.99. The van der Waals surface area contributed by atoms with Crippen molar-refractivity contribution in [3.63, 3.8) is 0 Å². The summed E-state index contributed by atoms with van der Waals surface area (Å²) in [4.78, 5) is 0. The molecule has 0 aromatic carbocycles. The highest BCUT2D eigenvalue weighted by molar-refractivity contribution is 7.31. The Labute approximate surface area is 176 Å². The van der Waals surface area contributed by atoms with Gasteiger partial charge in [0.2, 0.25) is 0 Å². The van der Waals surface area contributed by atoms with Crippen molar-refractivity contribution in [3.8, 4) is 0 Å². The van der Waals surface area contributed by atoms with Gasteiger partial charge in [-0.3, -0.25) is 0 Å². The van der Waals surface area contributed by atoms with E-state index in [1.165, 1.54) is 71.4 Å². The van der Waals surface area contributed by atoms with Crippen molar-refractivity contribution >= 4 is 42.7 Å². The highest BCUT2D eigenvalue weighted by Crippen LogP contribution is 2.45. The third-order valence-electron chi connectivity index (χ3n) is 8.83. The fourth-order valence-electron chi connectivity index (χ4n) is 5.58. The van der Waals surface area contributed by atoms with Gasteiger partial charge >= 0.3 is 0 Å². The molecule has 0 aliphatic heterocycles. The molecular formula is C21H51ClSi4. The van der Waals surface area contributed by atoms with E-state index < -0.39 is 31.6 Å². The molecule has 0 nitrogen and oxygen atoms in total. The Morgan fingerprint density at radius 1 is 0.385 bits per heavy atom. The summed E-state index contributed by atoms with van der Waals surface area (Å²) in [6.07, 6.45) is 0. The van der Waals surface area contributed by atoms with Crippen LogP contribution in [0.25, 0.3) is 0 Å². The average molecular weight is 451 g/mol. The topological polar surface area (TPSA) is 0 Å². The maximum atomic E-state index is 7.94. The second-order valence-electron chi connectivity index (χ2n) is 9.36. The molecule has 0 aromatic heterocycles. The molecule has 0 saturated carbocycles. The fraction of sp³-hybridized carbons (Fsp3) is 1.00. The summed E-state index contributed by atoms with van der Waals surface area (Å²) in [5.74, 6) is 0. The van der Waals surface area contributed by atoms with Crippen molar-refractivity contribution in [1.29, 1.82) is 0 Å². The van der Waals surface area contributed by atoms with Gasteiger partial charge in [0.25, 0.3) is 0 Å². The van der Waals surface area contributed by atoms with Crippen LogP contribution in [0.15, 0.2) is 0 Å². The van der Waals surface area contributed by atoms with Gasteiger partial charge in [-0.1, -0.05) is 117 Å². The summed E-state index contributed by atoms with van der Waals surface area (Å²) < 4.78 is 0. The standard InChI is InChI=1S/C21H51ClSi4/c1-10-23(11-2,12-3)19-26(22,20-24(13-4,14-5)15-6)21-25(16-7,17-8)18-9/h10-21H2,1-9H3. The van der Waals surface area contributed by atoms with E-state index in [-0.39, 0.29) is 0 Å². The van der Waals surface area contributed by atoms with Crippen LogP contribution in [0.2, 0.25) is 71.4 Å². The van der Waals surface area contributed by atoms with E-state index in [0.717, 1.165) is 0 Å². The SMILES string of the molecule is CC[Si](CC)(CC)C[Si](Cl)(C[Si](CC)(CC)CC)C[Si](CC)(CC)CC. The molecule has 0 aliphatic carbocycles. The van der Waals surface area contributed by atoms with Crippen molar-refractivity contribution in [1.82, 2.24) is 0 Å². The van der Waals surface area contributed by atoms with Gasteiger partial charge in [-0.25, -0.2) is 0 Å². The lowest BCUT2D eigenvalue weighted by Crippen LogP contribution is -2.53. The Morgan fingerprint density at radius 2 is 0.538 bits per heavy atom. The Bertz CT molecular complexity index is 294. The fourth-order valence-corrected chi connectivity index (χ4v) is 47.7. The molecule has 0 heterocycles. The molecule has 0 spiro atoms. The summed E-state index contributed by atoms with van der Waals surface area (Å²) in [6, 6.07) is 13.1. The molecule has 158 valence electrons. The van der Waals surface area contributed by atoms with Gasteiger partial charge in [0, 0.05) is 0 Å². The van der Waals surface area contributed by atoms with Gasteiger partial charge in [-0.05, 0) is 17.0 Å². The number of halogens is 1. The van der Waals surface area contributed by atoms with Crippen molar-refractivity contribution in [2.24, 2.45) is 0 Å². The first-order chi connectivity index (χ1) is 12.2. The highest BCUT2D eigenvalue weighted by atomic mass is 35.6. The predicted octanol–water partition coefficient (Wildman–Crippen LogP) is 9.31. The summed E-state index contributed by atoms with van der Waals surface area (Å²) in [5, 5.41) is 0. The molecular weight excluding hydrogens is 400 g/mol. The maximum absolute atomic E-state index is 7.94. The van der Waals surface area contributed by atoms with Crippen LogP contribution in [0.5, 0.6) is 0 Å². The second kappa shape index (κ2) is 12.0. The second-order valence-corrected chi connectivity index (χ2v) is 33.7. The zero-order chi connectivity index (χ0) is 20.5. The smallest absolute Gasteiger partial charge is 0.148 e. The first kappa shape index (κ1) is 27.2. The van der Waals surface area contributed by atoms with Crippen molar-refractivity contribution in [2.75, 3.05) is 0 Å². The molecule has 5 heteroatoms. The van der Waals surface area contributed by atoms with Crippen LogP contribution in [-0.2, 0) is 0 Å². The van der Waals surface area contributed by atoms with E-state index in [1.807, 2.05) is 0 Å². The van der Waals surface area contributed by atoms with E-state index in [9.17, 15) is 0 Å². The summed E-state index contributed by atoms with van der Waals surface area (Å²) in [7, 11) is -5.15. The van der Waals surface area contributed by atoms with Crippen LogP contribution < -0.4 is 0 Å². The lowest BCUT2D eigenvalue weighted by molar-refractivity contribution is 1.12. The monoisotopic (exact) mass is 450 g/mol. The molecule has 0 aromatic rings. The van der Waals surface area contributed by atoms with E-state index in [1.54, 1.807) is 0 Å². The van der Waals surface area contributed by atoms with Gasteiger partial charge in [0.05, 0.1) is 24.2 Å². The quantitative estimate of drug-likeness (QED) is 0.172.